The Kier molecular flexibility index (Phi) is 5.37. The van der Waals surface area contributed by atoms with E-state index in [1.807, 2.05) is 30.3 Å². The molecule has 1 aliphatic rings. The molecule has 0 spiro atoms. The van der Waals surface area contributed by atoms with Crippen LogP contribution in [0.5, 0.6) is 5.75 Å². The van der Waals surface area contributed by atoms with Crippen LogP contribution in [0, 0.1) is 0 Å². The van der Waals surface area contributed by atoms with Gasteiger partial charge in [0.2, 0.25) is 0 Å². The van der Waals surface area contributed by atoms with Crippen molar-refractivity contribution in [2.24, 2.45) is 0 Å². The van der Waals surface area contributed by atoms with E-state index in [-0.39, 0.29) is 18.4 Å². The highest BCUT2D eigenvalue weighted by molar-refractivity contribution is 7.92. The molecule has 1 atom stereocenters. The number of hydrogen-bond acceptors (Lipinski definition) is 5. The van der Waals surface area contributed by atoms with Crippen molar-refractivity contribution in [1.29, 1.82) is 0 Å². The number of ether oxygens (including phenoxy) is 1. The molecule has 146 valence electrons. The van der Waals surface area contributed by atoms with Gasteiger partial charge in [0.1, 0.15) is 17.1 Å². The van der Waals surface area contributed by atoms with Crippen molar-refractivity contribution < 1.29 is 18.9 Å². The predicted octanol–water partition coefficient (Wildman–Crippen LogP) is 3.40. The lowest BCUT2D eigenvalue weighted by Crippen LogP contribution is -2.25. The summed E-state index contributed by atoms with van der Waals surface area (Å²) in [4.78, 5) is 24.5. The molecule has 8 heteroatoms. The molecule has 1 aliphatic heterocycles. The van der Waals surface area contributed by atoms with Crippen LogP contribution in [0.2, 0.25) is 0 Å². The van der Waals surface area contributed by atoms with Gasteiger partial charge in [-0.25, -0.2) is 4.72 Å². The van der Waals surface area contributed by atoms with Crippen molar-refractivity contribution in [3.05, 3.63) is 78.4 Å². The second kappa shape index (κ2) is 8.26. The van der Waals surface area contributed by atoms with Gasteiger partial charge < -0.3 is 19.9 Å². The standard InChI is InChI=1S/C21H17N3O4S/c25-20-13-28-19-11-6-14(12-18(19)23-20)21(26)22-15-7-9-17(10-8-15)29(27)24-16-4-2-1-3-5-16/h1-12,24H,13H2,(H,22,26)(H,23,25). The first-order chi connectivity index (χ1) is 14.1. The number of carbonyl (C=O) groups excluding carboxylic acids is 2. The zero-order valence-corrected chi connectivity index (χ0v) is 16.0. The maximum Gasteiger partial charge on any atom is 0.262 e. The fourth-order valence-electron chi connectivity index (χ4n) is 2.76. The summed E-state index contributed by atoms with van der Waals surface area (Å²) in [7, 11) is 0. The molecule has 4 rings (SSSR count). The number of rotatable bonds is 5. The number of hydrogen-bond donors (Lipinski definition) is 3. The van der Waals surface area contributed by atoms with E-state index < -0.39 is 11.4 Å². The van der Waals surface area contributed by atoms with Crippen LogP contribution in [0.4, 0.5) is 17.1 Å². The average Bonchev–Trinajstić information content (AvgIpc) is 2.74. The Hall–Kier alpha value is -3.49. The SMILES string of the molecule is O=C1COc2ccc(C(=O)Nc3ccc([S+]([O-])Nc4ccccc4)cc3)cc2N1. The minimum Gasteiger partial charge on any atom is -0.588 e. The minimum absolute atomic E-state index is 0.0363. The van der Waals surface area contributed by atoms with E-state index in [1.54, 1.807) is 42.5 Å². The lowest BCUT2D eigenvalue weighted by atomic mass is 10.1. The zero-order valence-electron chi connectivity index (χ0n) is 15.2. The molecule has 3 aromatic rings. The van der Waals surface area contributed by atoms with Gasteiger partial charge in [0.15, 0.2) is 11.5 Å². The van der Waals surface area contributed by atoms with Crippen LogP contribution in [0.15, 0.2) is 77.7 Å². The highest BCUT2D eigenvalue weighted by atomic mass is 32.2. The van der Waals surface area contributed by atoms with E-state index >= 15 is 0 Å². The first kappa shape index (κ1) is 18.9. The Labute approximate surface area is 170 Å². The second-order valence-corrected chi connectivity index (χ2v) is 7.48. The van der Waals surface area contributed by atoms with Crippen molar-refractivity contribution in [1.82, 2.24) is 0 Å². The van der Waals surface area contributed by atoms with Gasteiger partial charge in [-0.2, -0.15) is 0 Å². The quantitative estimate of drug-likeness (QED) is 0.563. The van der Waals surface area contributed by atoms with E-state index in [9.17, 15) is 14.1 Å². The smallest absolute Gasteiger partial charge is 0.262 e. The fourth-order valence-corrected chi connectivity index (χ4v) is 3.61. The summed E-state index contributed by atoms with van der Waals surface area (Å²) < 4.78 is 20.6. The molecule has 1 unspecified atom stereocenters. The van der Waals surface area contributed by atoms with Crippen LogP contribution in [-0.4, -0.2) is 23.0 Å². The maximum atomic E-state index is 12.5. The Bertz CT molecular complexity index is 1040. The predicted molar refractivity (Wildman–Crippen MR) is 111 cm³/mol. The number of para-hydroxylation sites is 1. The third-order valence-corrected chi connectivity index (χ3v) is 5.31. The van der Waals surface area contributed by atoms with Crippen molar-refractivity contribution in [2.45, 2.75) is 4.90 Å². The molecule has 29 heavy (non-hydrogen) atoms. The van der Waals surface area contributed by atoms with Crippen molar-refractivity contribution in [3.8, 4) is 5.75 Å². The molecule has 0 fully saturated rings. The Morgan fingerprint density at radius 2 is 1.76 bits per heavy atom. The van der Waals surface area contributed by atoms with Crippen LogP contribution in [0.25, 0.3) is 0 Å². The molecular weight excluding hydrogens is 390 g/mol. The second-order valence-electron chi connectivity index (χ2n) is 6.26. The van der Waals surface area contributed by atoms with E-state index in [0.29, 0.717) is 27.6 Å². The molecule has 2 amide bonds. The van der Waals surface area contributed by atoms with E-state index in [1.165, 1.54) is 0 Å². The highest BCUT2D eigenvalue weighted by Crippen LogP contribution is 2.28. The van der Waals surface area contributed by atoms with Gasteiger partial charge >= 0.3 is 0 Å². The molecule has 0 saturated heterocycles. The zero-order chi connectivity index (χ0) is 20.2. The Morgan fingerprint density at radius 3 is 2.52 bits per heavy atom. The van der Waals surface area contributed by atoms with Gasteiger partial charge in [-0.3, -0.25) is 9.59 Å². The van der Waals surface area contributed by atoms with Crippen LogP contribution >= 0.6 is 0 Å². The number of carbonyl (C=O) groups is 2. The lowest BCUT2D eigenvalue weighted by molar-refractivity contribution is -0.118. The lowest BCUT2D eigenvalue weighted by Gasteiger charge is -2.18. The van der Waals surface area contributed by atoms with Crippen LogP contribution < -0.4 is 20.1 Å². The molecular formula is C21H17N3O4S. The summed E-state index contributed by atoms with van der Waals surface area (Å²) in [5.41, 5.74) is 2.17. The minimum atomic E-state index is -1.41. The number of fused-ring (bicyclic) bond motifs is 1. The van der Waals surface area contributed by atoms with Crippen molar-refractivity contribution >= 4 is 40.2 Å². The number of amides is 2. The summed E-state index contributed by atoms with van der Waals surface area (Å²) in [5.74, 6) is -0.0643. The number of nitrogens with one attached hydrogen (secondary N) is 3. The molecule has 3 aromatic carbocycles. The average molecular weight is 407 g/mol. The van der Waals surface area contributed by atoms with Gasteiger partial charge in [0.05, 0.1) is 11.4 Å². The van der Waals surface area contributed by atoms with Crippen LogP contribution in [0.3, 0.4) is 0 Å². The van der Waals surface area contributed by atoms with Gasteiger partial charge in [0, 0.05) is 11.3 Å². The van der Waals surface area contributed by atoms with E-state index in [4.69, 9.17) is 4.74 Å². The van der Waals surface area contributed by atoms with Gasteiger partial charge in [-0.15, -0.1) is 0 Å². The van der Waals surface area contributed by atoms with Crippen molar-refractivity contribution in [3.63, 3.8) is 0 Å². The van der Waals surface area contributed by atoms with Gasteiger partial charge in [-0.05, 0) is 54.6 Å². The van der Waals surface area contributed by atoms with Gasteiger partial charge in [-0.1, -0.05) is 18.2 Å². The molecule has 1 heterocycles. The van der Waals surface area contributed by atoms with Crippen molar-refractivity contribution in [2.75, 3.05) is 22.0 Å². The van der Waals surface area contributed by atoms with Crippen LogP contribution in [0.1, 0.15) is 10.4 Å². The summed E-state index contributed by atoms with van der Waals surface area (Å²) in [5, 5.41) is 5.45. The first-order valence-electron chi connectivity index (χ1n) is 8.80. The monoisotopic (exact) mass is 407 g/mol. The highest BCUT2D eigenvalue weighted by Gasteiger charge is 2.18. The molecule has 7 nitrogen and oxygen atoms in total. The van der Waals surface area contributed by atoms with Gasteiger partial charge in [0.25, 0.3) is 11.8 Å². The largest absolute Gasteiger partial charge is 0.588 e. The first-order valence-corrected chi connectivity index (χ1v) is 9.95. The van der Waals surface area contributed by atoms with Crippen LogP contribution in [-0.2, 0) is 16.2 Å². The Balaban J connectivity index is 1.41. The summed E-state index contributed by atoms with van der Waals surface area (Å²) in [6.45, 7) is -0.0363. The Morgan fingerprint density at radius 1 is 1.00 bits per heavy atom. The maximum absolute atomic E-state index is 12.5. The third-order valence-electron chi connectivity index (χ3n) is 4.19. The molecule has 0 saturated carbocycles. The molecule has 0 radical (unpaired) electrons. The van der Waals surface area contributed by atoms with E-state index in [2.05, 4.69) is 15.4 Å². The molecule has 0 aromatic heterocycles. The fraction of sp³-hybridized carbons (Fsp3) is 0.0476. The molecule has 0 bridgehead atoms. The molecule has 3 N–H and O–H groups in total. The summed E-state index contributed by atoms with van der Waals surface area (Å²) in [6, 6.07) is 20.8. The van der Waals surface area contributed by atoms with E-state index in [0.717, 1.165) is 5.69 Å². The normalized spacial score (nSPS) is 13.5. The number of benzene rings is 3. The topological polar surface area (TPSA) is 103 Å². The molecule has 0 aliphatic carbocycles. The summed E-state index contributed by atoms with van der Waals surface area (Å²) >= 11 is -1.41. The number of anilines is 3. The third kappa shape index (κ3) is 4.50. The summed E-state index contributed by atoms with van der Waals surface area (Å²) in [6.07, 6.45) is 0.